The third-order valence-corrected chi connectivity index (χ3v) is 5.04. The van der Waals surface area contributed by atoms with Gasteiger partial charge < -0.3 is 10.5 Å². The zero-order chi connectivity index (χ0) is 17.1. The molecule has 0 atom stereocenters. The number of carbonyl (C=O) groups excluding carboxylic acids is 2. The standard InChI is InChI=1S/C15H14N4O3S2/c1-22-10-4-2-9(3-5-10)8-11-13(20)19(15(21)23-11)7-6-12-17-18-14(16)24-12/h2-5,8H,6-7H2,1H3,(H2,16,18). The van der Waals surface area contributed by atoms with Crippen molar-refractivity contribution in [3.05, 3.63) is 39.7 Å². The lowest BCUT2D eigenvalue weighted by Gasteiger charge is -2.10. The third-order valence-electron chi connectivity index (χ3n) is 3.32. The van der Waals surface area contributed by atoms with Gasteiger partial charge >= 0.3 is 0 Å². The van der Waals surface area contributed by atoms with Crippen LogP contribution in [0.1, 0.15) is 10.6 Å². The molecule has 1 aliphatic rings. The number of aromatic nitrogens is 2. The fraction of sp³-hybridized carbons (Fsp3) is 0.200. The monoisotopic (exact) mass is 362 g/mol. The molecule has 0 saturated carbocycles. The Morgan fingerprint density at radius 3 is 2.62 bits per heavy atom. The van der Waals surface area contributed by atoms with E-state index in [0.717, 1.165) is 23.1 Å². The van der Waals surface area contributed by atoms with Gasteiger partial charge in [-0.2, -0.15) is 0 Å². The SMILES string of the molecule is COc1ccc(C=C2SC(=O)N(CCc3nnc(N)s3)C2=O)cc1. The summed E-state index contributed by atoms with van der Waals surface area (Å²) in [5.74, 6) is 0.440. The third kappa shape index (κ3) is 3.57. The normalized spacial score (nSPS) is 16.2. The predicted molar refractivity (Wildman–Crippen MR) is 93.7 cm³/mol. The Kier molecular flexibility index (Phi) is 4.81. The smallest absolute Gasteiger partial charge is 0.293 e. The maximum atomic E-state index is 12.4. The van der Waals surface area contributed by atoms with Gasteiger partial charge in [-0.25, -0.2) is 0 Å². The first-order valence-corrected chi connectivity index (χ1v) is 8.67. The Labute approximate surface area is 146 Å². The highest BCUT2D eigenvalue weighted by Gasteiger charge is 2.34. The molecule has 2 amide bonds. The van der Waals surface area contributed by atoms with E-state index in [9.17, 15) is 9.59 Å². The summed E-state index contributed by atoms with van der Waals surface area (Å²) in [4.78, 5) is 26.1. The molecule has 0 spiro atoms. The molecule has 2 aromatic rings. The van der Waals surface area contributed by atoms with Gasteiger partial charge in [-0.3, -0.25) is 14.5 Å². The molecule has 2 heterocycles. The van der Waals surface area contributed by atoms with Crippen LogP contribution in [0.15, 0.2) is 29.2 Å². The number of hydrogen-bond acceptors (Lipinski definition) is 8. The van der Waals surface area contributed by atoms with Crippen LogP contribution in [0.4, 0.5) is 9.93 Å². The molecule has 1 aromatic carbocycles. The Morgan fingerprint density at radius 2 is 2.00 bits per heavy atom. The summed E-state index contributed by atoms with van der Waals surface area (Å²) in [6.07, 6.45) is 2.15. The molecule has 1 aliphatic heterocycles. The fourth-order valence-corrected chi connectivity index (χ4v) is 3.58. The summed E-state index contributed by atoms with van der Waals surface area (Å²) in [7, 11) is 1.59. The number of anilines is 1. The maximum absolute atomic E-state index is 12.4. The number of carbonyl (C=O) groups is 2. The van der Waals surface area contributed by atoms with Crippen molar-refractivity contribution in [1.29, 1.82) is 0 Å². The fourth-order valence-electron chi connectivity index (χ4n) is 2.12. The molecular weight excluding hydrogens is 348 g/mol. The van der Waals surface area contributed by atoms with E-state index in [1.807, 2.05) is 12.1 Å². The van der Waals surface area contributed by atoms with E-state index < -0.39 is 0 Å². The number of benzene rings is 1. The van der Waals surface area contributed by atoms with Crippen LogP contribution in [0.3, 0.4) is 0 Å². The first-order chi connectivity index (χ1) is 11.6. The molecule has 3 rings (SSSR count). The lowest BCUT2D eigenvalue weighted by Crippen LogP contribution is -2.30. The van der Waals surface area contributed by atoms with Gasteiger partial charge in [0.15, 0.2) is 0 Å². The van der Waals surface area contributed by atoms with Crippen molar-refractivity contribution < 1.29 is 14.3 Å². The molecule has 0 aliphatic carbocycles. The first kappa shape index (κ1) is 16.5. The average Bonchev–Trinajstić information content (AvgIpc) is 3.10. The van der Waals surface area contributed by atoms with E-state index in [2.05, 4.69) is 10.2 Å². The van der Waals surface area contributed by atoms with Crippen LogP contribution in [0.5, 0.6) is 5.75 Å². The summed E-state index contributed by atoms with van der Waals surface area (Å²) in [6.45, 7) is 0.263. The second-order valence-electron chi connectivity index (χ2n) is 4.89. The highest BCUT2D eigenvalue weighted by atomic mass is 32.2. The van der Waals surface area contributed by atoms with E-state index in [1.54, 1.807) is 25.3 Å². The van der Waals surface area contributed by atoms with E-state index in [1.165, 1.54) is 16.2 Å². The summed E-state index contributed by atoms with van der Waals surface area (Å²) < 4.78 is 5.10. The number of imide groups is 1. The summed E-state index contributed by atoms with van der Waals surface area (Å²) in [6, 6.07) is 7.26. The van der Waals surface area contributed by atoms with Crippen LogP contribution in [0.2, 0.25) is 0 Å². The van der Waals surface area contributed by atoms with E-state index in [4.69, 9.17) is 10.5 Å². The van der Waals surface area contributed by atoms with E-state index in [0.29, 0.717) is 21.5 Å². The van der Waals surface area contributed by atoms with Gasteiger partial charge in [-0.1, -0.05) is 23.5 Å². The minimum Gasteiger partial charge on any atom is -0.497 e. The number of ether oxygens (including phenoxy) is 1. The molecule has 24 heavy (non-hydrogen) atoms. The Balaban J connectivity index is 1.69. The van der Waals surface area contributed by atoms with Gasteiger partial charge in [-0.15, -0.1) is 10.2 Å². The van der Waals surface area contributed by atoms with Crippen LogP contribution < -0.4 is 10.5 Å². The Hall–Kier alpha value is -2.39. The average molecular weight is 362 g/mol. The van der Waals surface area contributed by atoms with Crippen molar-refractivity contribution in [1.82, 2.24) is 15.1 Å². The number of nitrogens with two attached hydrogens (primary N) is 1. The van der Waals surface area contributed by atoms with Crippen molar-refractivity contribution >= 4 is 45.5 Å². The van der Waals surface area contributed by atoms with Gasteiger partial charge in [0, 0.05) is 13.0 Å². The number of nitrogen functional groups attached to an aromatic ring is 1. The predicted octanol–water partition coefficient (Wildman–Crippen LogP) is 2.41. The van der Waals surface area contributed by atoms with Crippen molar-refractivity contribution in [2.24, 2.45) is 0 Å². The van der Waals surface area contributed by atoms with Gasteiger partial charge in [0.1, 0.15) is 10.8 Å². The Bertz CT molecular complexity index is 801. The zero-order valence-corrected chi connectivity index (χ0v) is 14.4. The number of hydrogen-bond donors (Lipinski definition) is 1. The van der Waals surface area contributed by atoms with Crippen molar-refractivity contribution in [3.8, 4) is 5.75 Å². The summed E-state index contributed by atoms with van der Waals surface area (Å²) in [5, 5.41) is 8.40. The summed E-state index contributed by atoms with van der Waals surface area (Å²) >= 11 is 2.19. The summed E-state index contributed by atoms with van der Waals surface area (Å²) in [5.41, 5.74) is 6.35. The van der Waals surface area contributed by atoms with Crippen molar-refractivity contribution in [2.45, 2.75) is 6.42 Å². The van der Waals surface area contributed by atoms with Crippen molar-refractivity contribution in [2.75, 3.05) is 19.4 Å². The van der Waals surface area contributed by atoms with Crippen LogP contribution in [-0.4, -0.2) is 39.9 Å². The van der Waals surface area contributed by atoms with Crippen molar-refractivity contribution in [3.63, 3.8) is 0 Å². The second kappa shape index (κ2) is 7.02. The second-order valence-corrected chi connectivity index (χ2v) is 6.98. The minimum absolute atomic E-state index is 0.263. The molecule has 1 fully saturated rings. The van der Waals surface area contributed by atoms with Crippen LogP contribution in [0.25, 0.3) is 6.08 Å². The molecule has 0 radical (unpaired) electrons. The zero-order valence-electron chi connectivity index (χ0n) is 12.8. The van der Waals surface area contributed by atoms with Gasteiger partial charge in [-0.05, 0) is 35.5 Å². The largest absolute Gasteiger partial charge is 0.497 e. The lowest BCUT2D eigenvalue weighted by atomic mass is 10.2. The molecule has 1 saturated heterocycles. The number of methoxy groups -OCH3 is 1. The number of thioether (sulfide) groups is 1. The van der Waals surface area contributed by atoms with Crippen LogP contribution >= 0.6 is 23.1 Å². The molecule has 1 aromatic heterocycles. The van der Waals surface area contributed by atoms with Crippen LogP contribution in [-0.2, 0) is 11.2 Å². The topological polar surface area (TPSA) is 98.4 Å². The maximum Gasteiger partial charge on any atom is 0.293 e. The molecule has 2 N–H and O–H groups in total. The number of rotatable bonds is 5. The van der Waals surface area contributed by atoms with E-state index in [-0.39, 0.29) is 17.7 Å². The lowest BCUT2D eigenvalue weighted by molar-refractivity contribution is -0.122. The minimum atomic E-state index is -0.293. The molecular formula is C15H14N4O3S2. The van der Waals surface area contributed by atoms with Crippen LogP contribution in [0, 0.1) is 0 Å². The highest BCUT2D eigenvalue weighted by molar-refractivity contribution is 8.18. The van der Waals surface area contributed by atoms with Gasteiger partial charge in [0.25, 0.3) is 11.1 Å². The Morgan fingerprint density at radius 1 is 1.25 bits per heavy atom. The molecule has 7 nitrogen and oxygen atoms in total. The molecule has 124 valence electrons. The molecule has 9 heteroatoms. The highest BCUT2D eigenvalue weighted by Crippen LogP contribution is 2.32. The first-order valence-electron chi connectivity index (χ1n) is 7.04. The number of amides is 2. The van der Waals surface area contributed by atoms with Gasteiger partial charge in [0.05, 0.1) is 12.0 Å². The number of nitrogens with zero attached hydrogens (tertiary/aromatic N) is 3. The van der Waals surface area contributed by atoms with E-state index >= 15 is 0 Å². The molecule has 0 unspecified atom stereocenters. The quantitative estimate of drug-likeness (QED) is 0.816. The van der Waals surface area contributed by atoms with Gasteiger partial charge in [0.2, 0.25) is 5.13 Å². The molecule has 0 bridgehead atoms.